The van der Waals surface area contributed by atoms with Crippen molar-refractivity contribution in [3.63, 3.8) is 0 Å². The maximum absolute atomic E-state index is 13.4. The molecule has 0 aromatic heterocycles. The van der Waals surface area contributed by atoms with Crippen LogP contribution in [0, 0.1) is 0 Å². The number of carbonyl (C=O) groups excluding carboxylic acids is 5. The number of benzene rings is 2. The molecule has 10 heteroatoms. The normalized spacial score (nSPS) is 20.9. The smallest absolute Gasteiger partial charge is 0.325 e. The highest BCUT2D eigenvalue weighted by Crippen LogP contribution is 2.38. The Morgan fingerprint density at radius 1 is 1.00 bits per heavy atom. The van der Waals surface area contributed by atoms with Gasteiger partial charge in [0.15, 0.2) is 0 Å². The van der Waals surface area contributed by atoms with Gasteiger partial charge in [-0.15, -0.1) is 0 Å². The van der Waals surface area contributed by atoms with Crippen LogP contribution in [0.5, 0.6) is 0 Å². The first-order valence-electron chi connectivity index (χ1n) is 13.2. The first-order valence-corrected chi connectivity index (χ1v) is 13.2. The van der Waals surface area contributed by atoms with E-state index in [4.69, 9.17) is 4.74 Å². The van der Waals surface area contributed by atoms with E-state index >= 15 is 0 Å². The van der Waals surface area contributed by atoms with Crippen molar-refractivity contribution in [3.05, 3.63) is 71.8 Å². The van der Waals surface area contributed by atoms with Crippen LogP contribution in [0.15, 0.2) is 60.7 Å². The lowest BCUT2D eigenvalue weighted by Crippen LogP contribution is -2.66. The lowest BCUT2D eigenvalue weighted by molar-refractivity contribution is -0.153. The van der Waals surface area contributed by atoms with Gasteiger partial charge >= 0.3 is 5.97 Å². The van der Waals surface area contributed by atoms with Gasteiger partial charge in [0.05, 0.1) is 0 Å². The van der Waals surface area contributed by atoms with Crippen molar-refractivity contribution in [2.24, 2.45) is 0 Å². The molecule has 0 saturated carbocycles. The van der Waals surface area contributed by atoms with Crippen LogP contribution >= 0.6 is 0 Å². The molecule has 0 aliphatic carbocycles. The van der Waals surface area contributed by atoms with E-state index in [0.29, 0.717) is 25.8 Å². The van der Waals surface area contributed by atoms with Gasteiger partial charge in [-0.05, 0) is 36.8 Å². The van der Waals surface area contributed by atoms with E-state index in [-0.39, 0.29) is 37.8 Å². The predicted octanol–water partition coefficient (Wildman–Crippen LogP) is 1.23. The summed E-state index contributed by atoms with van der Waals surface area (Å²) < 4.78 is 5.24. The third-order valence-electron chi connectivity index (χ3n) is 7.25. The van der Waals surface area contributed by atoms with E-state index in [1.807, 2.05) is 60.7 Å². The maximum atomic E-state index is 13.4. The molecule has 2 aliphatic rings. The Labute approximate surface area is 227 Å². The summed E-state index contributed by atoms with van der Waals surface area (Å²) in [5, 5.41) is 8.12. The van der Waals surface area contributed by atoms with E-state index in [0.717, 1.165) is 11.1 Å². The molecule has 2 aromatic rings. The van der Waals surface area contributed by atoms with Gasteiger partial charge in [-0.1, -0.05) is 60.7 Å². The Bertz CT molecular complexity index is 1200. The highest BCUT2D eigenvalue weighted by atomic mass is 16.5. The minimum Gasteiger partial charge on any atom is -0.460 e. The zero-order chi connectivity index (χ0) is 27.8. The van der Waals surface area contributed by atoms with Crippen LogP contribution in [-0.2, 0) is 41.7 Å². The molecule has 10 nitrogen and oxygen atoms in total. The van der Waals surface area contributed by atoms with Crippen molar-refractivity contribution in [1.82, 2.24) is 20.9 Å². The summed E-state index contributed by atoms with van der Waals surface area (Å²) in [6.07, 6.45) is 2.01. The van der Waals surface area contributed by atoms with Crippen LogP contribution in [0.4, 0.5) is 0 Å². The summed E-state index contributed by atoms with van der Waals surface area (Å²) in [7, 11) is 0. The molecule has 3 N–H and O–H groups in total. The SMILES string of the molecule is CC(=O)N[C@H](Cc1ccccc1)C(=O)N[C@H]1CC[C@]2(C(=O)NCC(=O)OCc3ccccc3)CCCN2C1=O. The van der Waals surface area contributed by atoms with Crippen LogP contribution in [0.25, 0.3) is 0 Å². The van der Waals surface area contributed by atoms with E-state index < -0.39 is 35.4 Å². The van der Waals surface area contributed by atoms with Gasteiger partial charge in [-0.3, -0.25) is 24.0 Å². The first kappa shape index (κ1) is 27.8. The average molecular weight is 535 g/mol. The van der Waals surface area contributed by atoms with Crippen molar-refractivity contribution in [2.45, 2.75) is 63.3 Å². The summed E-state index contributed by atoms with van der Waals surface area (Å²) >= 11 is 0. The average Bonchev–Trinajstić information content (AvgIpc) is 3.39. The first-order chi connectivity index (χ1) is 18.8. The van der Waals surface area contributed by atoms with Crippen LogP contribution < -0.4 is 16.0 Å². The Balaban J connectivity index is 1.34. The fourth-order valence-corrected chi connectivity index (χ4v) is 5.32. The van der Waals surface area contributed by atoms with Crippen molar-refractivity contribution >= 4 is 29.6 Å². The number of esters is 1. The number of fused-ring (bicyclic) bond motifs is 1. The van der Waals surface area contributed by atoms with Crippen LogP contribution in [0.2, 0.25) is 0 Å². The topological polar surface area (TPSA) is 134 Å². The summed E-state index contributed by atoms with van der Waals surface area (Å²) in [4.78, 5) is 65.2. The molecule has 3 atom stereocenters. The second-order valence-electron chi connectivity index (χ2n) is 10.00. The summed E-state index contributed by atoms with van der Waals surface area (Å²) in [5.74, 6) is -2.10. The highest BCUT2D eigenvalue weighted by Gasteiger charge is 2.54. The molecule has 39 heavy (non-hydrogen) atoms. The molecule has 206 valence electrons. The molecule has 2 fully saturated rings. The molecular formula is C29H34N4O6. The van der Waals surface area contributed by atoms with E-state index in [1.54, 1.807) is 0 Å². The number of amides is 4. The second-order valence-corrected chi connectivity index (χ2v) is 10.00. The summed E-state index contributed by atoms with van der Waals surface area (Å²) in [5.41, 5.74) is 0.658. The van der Waals surface area contributed by atoms with Crippen molar-refractivity contribution in [3.8, 4) is 0 Å². The number of carbonyl (C=O) groups is 5. The predicted molar refractivity (Wildman–Crippen MR) is 142 cm³/mol. The third kappa shape index (κ3) is 6.81. The fourth-order valence-electron chi connectivity index (χ4n) is 5.32. The molecular weight excluding hydrogens is 500 g/mol. The largest absolute Gasteiger partial charge is 0.460 e. The Hall–Kier alpha value is -4.21. The molecule has 2 heterocycles. The molecule has 0 radical (unpaired) electrons. The summed E-state index contributed by atoms with van der Waals surface area (Å²) in [6, 6.07) is 16.9. The minimum absolute atomic E-state index is 0.108. The van der Waals surface area contributed by atoms with Crippen molar-refractivity contribution < 1.29 is 28.7 Å². The monoisotopic (exact) mass is 534 g/mol. The molecule has 2 aliphatic heterocycles. The van der Waals surface area contributed by atoms with Crippen molar-refractivity contribution in [2.75, 3.05) is 13.1 Å². The van der Waals surface area contributed by atoms with Crippen molar-refractivity contribution in [1.29, 1.82) is 0 Å². The van der Waals surface area contributed by atoms with Crippen LogP contribution in [-0.4, -0.2) is 65.2 Å². The quantitative estimate of drug-likeness (QED) is 0.393. The van der Waals surface area contributed by atoms with Gasteiger partial charge in [0, 0.05) is 19.9 Å². The molecule has 0 unspecified atom stereocenters. The standard InChI is InChI=1S/C29H34N4O6/c1-20(34)31-24(17-21-9-4-2-5-10-21)26(36)32-23-13-15-29(14-8-16-33(29)27(23)37)28(38)30-18-25(35)39-19-22-11-6-3-7-12-22/h2-7,9-12,23-24H,8,13-19H2,1H3,(H,30,38)(H,31,34)(H,32,36)/t23-,24+,29-/m0/s1. The van der Waals surface area contributed by atoms with E-state index in [2.05, 4.69) is 16.0 Å². The zero-order valence-corrected chi connectivity index (χ0v) is 22.0. The lowest BCUT2D eigenvalue weighted by Gasteiger charge is -2.43. The van der Waals surface area contributed by atoms with E-state index in [1.165, 1.54) is 11.8 Å². The zero-order valence-electron chi connectivity index (χ0n) is 22.0. The molecule has 2 saturated heterocycles. The molecule has 4 amide bonds. The number of ether oxygens (including phenoxy) is 1. The third-order valence-corrected chi connectivity index (χ3v) is 7.25. The van der Waals surface area contributed by atoms with Gasteiger partial charge in [-0.2, -0.15) is 0 Å². The number of nitrogens with one attached hydrogen (secondary N) is 3. The fraction of sp³-hybridized carbons (Fsp3) is 0.414. The number of hydrogen-bond acceptors (Lipinski definition) is 6. The highest BCUT2D eigenvalue weighted by molar-refractivity contribution is 5.98. The van der Waals surface area contributed by atoms with Crippen LogP contribution in [0.1, 0.15) is 43.7 Å². The molecule has 0 spiro atoms. The van der Waals surface area contributed by atoms with Crippen LogP contribution in [0.3, 0.4) is 0 Å². The number of nitrogens with zero attached hydrogens (tertiary/aromatic N) is 1. The second kappa shape index (κ2) is 12.6. The van der Waals surface area contributed by atoms with Gasteiger partial charge in [-0.25, -0.2) is 0 Å². The van der Waals surface area contributed by atoms with E-state index in [9.17, 15) is 24.0 Å². The minimum atomic E-state index is -1.06. The van der Waals surface area contributed by atoms with Gasteiger partial charge in [0.1, 0.15) is 30.8 Å². The molecule has 0 bridgehead atoms. The molecule has 4 rings (SSSR count). The van der Waals surface area contributed by atoms with Gasteiger partial charge in [0.25, 0.3) is 0 Å². The maximum Gasteiger partial charge on any atom is 0.325 e. The van der Waals surface area contributed by atoms with Gasteiger partial charge in [0.2, 0.25) is 23.6 Å². The van der Waals surface area contributed by atoms with Gasteiger partial charge < -0.3 is 25.6 Å². The molecule has 2 aromatic carbocycles. The Morgan fingerprint density at radius 2 is 1.67 bits per heavy atom. The number of rotatable bonds is 10. The Morgan fingerprint density at radius 3 is 2.33 bits per heavy atom. The number of hydrogen-bond donors (Lipinski definition) is 3. The lowest BCUT2D eigenvalue weighted by atomic mass is 9.83. The number of piperidine rings is 1. The Kier molecular flexibility index (Phi) is 8.96. The summed E-state index contributed by atoms with van der Waals surface area (Å²) in [6.45, 7) is 1.53.